The van der Waals surface area contributed by atoms with Gasteiger partial charge in [0.15, 0.2) is 0 Å². The van der Waals surface area contributed by atoms with Gasteiger partial charge in [0.1, 0.15) is 12.9 Å². The second kappa shape index (κ2) is 2.64. The maximum absolute atomic E-state index is 8.98. The van der Waals surface area contributed by atoms with E-state index in [1.54, 1.807) is 24.1 Å². The van der Waals surface area contributed by atoms with Crippen molar-refractivity contribution in [2.45, 2.75) is 13.2 Å². The average Bonchev–Trinajstić information content (AvgIpc) is 1.90. The predicted molar refractivity (Wildman–Crippen MR) is 36.0 cm³/mol. The summed E-state index contributed by atoms with van der Waals surface area (Å²) in [5.41, 5.74) is 0. The third-order valence-corrected chi connectivity index (χ3v) is 1.19. The highest BCUT2D eigenvalue weighted by molar-refractivity contribution is 5.71. The van der Waals surface area contributed by atoms with Crippen LogP contribution in [0.5, 0.6) is 0 Å². The quantitative estimate of drug-likeness (QED) is 0.544. The monoisotopic (exact) mass is 126 g/mol. The summed E-state index contributed by atoms with van der Waals surface area (Å²) in [6.45, 7) is 2.28. The molecule has 3 heteroatoms. The van der Waals surface area contributed by atoms with Crippen molar-refractivity contribution < 1.29 is 5.11 Å². The number of hydrogen-bond acceptors (Lipinski definition) is 3. The molecular weight excluding hydrogens is 116 g/mol. The number of aliphatic imine (C=N–C) groups is 1. The fourth-order valence-electron chi connectivity index (χ4n) is 0.641. The van der Waals surface area contributed by atoms with E-state index in [9.17, 15) is 0 Å². The van der Waals surface area contributed by atoms with Crippen molar-refractivity contribution in [3.8, 4) is 0 Å². The number of rotatable bonds is 1. The van der Waals surface area contributed by atoms with Crippen molar-refractivity contribution in [1.82, 2.24) is 4.90 Å². The number of hydrogen-bond donors (Lipinski definition) is 1. The van der Waals surface area contributed by atoms with Crippen LogP contribution in [0.4, 0.5) is 0 Å². The molecule has 50 valence electrons. The molecule has 0 radical (unpaired) electrons. The molecule has 0 saturated heterocycles. The van der Waals surface area contributed by atoms with Gasteiger partial charge in [-0.1, -0.05) is 0 Å². The smallest absolute Gasteiger partial charge is 0.125 e. The van der Waals surface area contributed by atoms with Crippen LogP contribution < -0.4 is 0 Å². The zero-order valence-corrected chi connectivity index (χ0v) is 5.36. The van der Waals surface area contributed by atoms with Crippen molar-refractivity contribution in [3.63, 3.8) is 0 Å². The highest BCUT2D eigenvalue weighted by Gasteiger charge is 2.04. The van der Waals surface area contributed by atoms with Crippen molar-refractivity contribution in [2.75, 3.05) is 6.67 Å². The Bertz CT molecular complexity index is 140. The van der Waals surface area contributed by atoms with E-state index in [0.29, 0.717) is 6.67 Å². The first kappa shape index (κ1) is 6.29. The molecule has 0 spiro atoms. The topological polar surface area (TPSA) is 35.8 Å². The normalized spacial score (nSPS) is 20.4. The molecule has 0 aromatic heterocycles. The lowest BCUT2D eigenvalue weighted by Gasteiger charge is -2.22. The van der Waals surface area contributed by atoms with E-state index in [-0.39, 0.29) is 0 Å². The largest absolute Gasteiger partial charge is 0.374 e. The molecule has 1 N–H and O–H groups in total. The van der Waals surface area contributed by atoms with Gasteiger partial charge in [-0.3, -0.25) is 4.99 Å². The van der Waals surface area contributed by atoms with E-state index in [1.807, 2.05) is 6.20 Å². The van der Waals surface area contributed by atoms with Gasteiger partial charge in [0.2, 0.25) is 0 Å². The van der Waals surface area contributed by atoms with Crippen molar-refractivity contribution in [1.29, 1.82) is 0 Å². The Morgan fingerprint density at radius 3 is 2.89 bits per heavy atom. The molecule has 0 bridgehead atoms. The van der Waals surface area contributed by atoms with Crippen molar-refractivity contribution in [2.24, 2.45) is 4.99 Å². The van der Waals surface area contributed by atoms with Crippen LogP contribution >= 0.6 is 0 Å². The van der Waals surface area contributed by atoms with Crippen LogP contribution in [0.25, 0.3) is 0 Å². The van der Waals surface area contributed by atoms with Gasteiger partial charge in [0.25, 0.3) is 0 Å². The summed E-state index contributed by atoms with van der Waals surface area (Å²) >= 11 is 0. The minimum atomic E-state index is -0.432. The third-order valence-electron chi connectivity index (χ3n) is 1.19. The number of aliphatic hydroxyl groups excluding tert-OH is 1. The molecule has 3 nitrogen and oxygen atoms in total. The summed E-state index contributed by atoms with van der Waals surface area (Å²) < 4.78 is 0. The van der Waals surface area contributed by atoms with Crippen LogP contribution in [0, 0.1) is 0 Å². The SMILES string of the molecule is CC(O)N1C=CC=NC1. The third kappa shape index (κ3) is 1.54. The molecule has 0 aliphatic carbocycles. The Balaban J connectivity index is 2.46. The van der Waals surface area contributed by atoms with Crippen molar-refractivity contribution >= 4 is 6.21 Å². The molecular formula is C6H10N2O. The Labute approximate surface area is 54.3 Å². The summed E-state index contributed by atoms with van der Waals surface area (Å²) in [4.78, 5) is 5.67. The van der Waals surface area contributed by atoms with Gasteiger partial charge in [0.05, 0.1) is 0 Å². The first-order chi connectivity index (χ1) is 4.30. The highest BCUT2D eigenvalue weighted by atomic mass is 16.3. The van der Waals surface area contributed by atoms with E-state index < -0.39 is 6.23 Å². The van der Waals surface area contributed by atoms with Crippen molar-refractivity contribution in [3.05, 3.63) is 12.3 Å². The maximum atomic E-state index is 8.98. The second-order valence-corrected chi connectivity index (χ2v) is 1.96. The van der Waals surface area contributed by atoms with E-state index in [4.69, 9.17) is 5.11 Å². The minimum Gasteiger partial charge on any atom is -0.374 e. The summed E-state index contributed by atoms with van der Waals surface area (Å²) in [5.74, 6) is 0. The lowest BCUT2D eigenvalue weighted by Crippen LogP contribution is -2.29. The highest BCUT2D eigenvalue weighted by Crippen LogP contribution is 1.98. The fourth-order valence-corrected chi connectivity index (χ4v) is 0.641. The number of allylic oxidation sites excluding steroid dienone is 1. The lowest BCUT2D eigenvalue weighted by molar-refractivity contribution is 0.0561. The van der Waals surface area contributed by atoms with Gasteiger partial charge >= 0.3 is 0 Å². The van der Waals surface area contributed by atoms with E-state index in [0.717, 1.165) is 0 Å². The molecule has 0 fully saturated rings. The van der Waals surface area contributed by atoms with Gasteiger partial charge in [-0.05, 0) is 13.0 Å². The Morgan fingerprint density at radius 2 is 2.56 bits per heavy atom. The van der Waals surface area contributed by atoms with Crippen LogP contribution in [-0.2, 0) is 0 Å². The lowest BCUT2D eigenvalue weighted by atomic mass is 10.5. The van der Waals surface area contributed by atoms with Crippen LogP contribution in [0.2, 0.25) is 0 Å². The zero-order chi connectivity index (χ0) is 6.69. The molecule has 1 heterocycles. The Hall–Kier alpha value is -0.830. The molecule has 1 unspecified atom stereocenters. The van der Waals surface area contributed by atoms with Crippen LogP contribution in [-0.4, -0.2) is 29.1 Å². The Kier molecular flexibility index (Phi) is 1.85. The van der Waals surface area contributed by atoms with Crippen LogP contribution in [0.1, 0.15) is 6.92 Å². The van der Waals surface area contributed by atoms with E-state index in [2.05, 4.69) is 4.99 Å². The predicted octanol–water partition coefficient (Wildman–Crippen LogP) is 0.182. The van der Waals surface area contributed by atoms with E-state index >= 15 is 0 Å². The van der Waals surface area contributed by atoms with Gasteiger partial charge < -0.3 is 10.0 Å². The zero-order valence-electron chi connectivity index (χ0n) is 5.36. The van der Waals surface area contributed by atoms with Gasteiger partial charge in [-0.15, -0.1) is 0 Å². The fraction of sp³-hybridized carbons (Fsp3) is 0.500. The Morgan fingerprint density at radius 1 is 1.78 bits per heavy atom. The summed E-state index contributed by atoms with van der Waals surface area (Å²) in [6, 6.07) is 0. The molecule has 9 heavy (non-hydrogen) atoms. The van der Waals surface area contributed by atoms with Gasteiger partial charge in [0, 0.05) is 12.4 Å². The minimum absolute atomic E-state index is 0.432. The standard InChI is InChI=1S/C6H10N2O/c1-6(9)8-4-2-3-7-5-8/h2-4,6,9H,5H2,1H3. The average molecular weight is 126 g/mol. The summed E-state index contributed by atoms with van der Waals surface area (Å²) in [6.07, 6.45) is 4.91. The molecule has 0 aromatic rings. The molecule has 0 aromatic carbocycles. The molecule has 1 rings (SSSR count). The van der Waals surface area contributed by atoms with Crippen LogP contribution in [0.3, 0.4) is 0 Å². The molecule has 0 amide bonds. The summed E-state index contributed by atoms with van der Waals surface area (Å²) in [5, 5.41) is 8.98. The first-order valence-electron chi connectivity index (χ1n) is 2.91. The first-order valence-corrected chi connectivity index (χ1v) is 2.91. The van der Waals surface area contributed by atoms with Crippen LogP contribution in [0.15, 0.2) is 17.3 Å². The second-order valence-electron chi connectivity index (χ2n) is 1.96. The molecule has 1 aliphatic heterocycles. The molecule has 1 aliphatic rings. The molecule has 0 saturated carbocycles. The van der Waals surface area contributed by atoms with Gasteiger partial charge in [-0.2, -0.15) is 0 Å². The molecule has 1 atom stereocenters. The number of aliphatic hydroxyl groups is 1. The van der Waals surface area contributed by atoms with Gasteiger partial charge in [-0.25, -0.2) is 0 Å². The number of nitrogens with zero attached hydrogens (tertiary/aromatic N) is 2. The van der Waals surface area contributed by atoms with E-state index in [1.165, 1.54) is 0 Å². The maximum Gasteiger partial charge on any atom is 0.125 e. The summed E-state index contributed by atoms with van der Waals surface area (Å²) in [7, 11) is 0.